The van der Waals surface area contributed by atoms with Crippen LogP contribution in [-0.2, 0) is 6.42 Å². The van der Waals surface area contributed by atoms with Gasteiger partial charge in [-0.1, -0.05) is 18.5 Å². The number of imidazole rings is 1. The van der Waals surface area contributed by atoms with Gasteiger partial charge in [-0.05, 0) is 31.0 Å². The van der Waals surface area contributed by atoms with Gasteiger partial charge in [-0.25, -0.2) is 4.98 Å². The quantitative estimate of drug-likeness (QED) is 0.848. The molecule has 0 radical (unpaired) electrons. The molecule has 0 fully saturated rings. The minimum absolute atomic E-state index is 0.585. The van der Waals surface area contributed by atoms with Gasteiger partial charge in [-0.2, -0.15) is 0 Å². The summed E-state index contributed by atoms with van der Waals surface area (Å²) in [6.45, 7) is 4.17. The fourth-order valence-corrected chi connectivity index (χ4v) is 2.07. The normalized spacial score (nSPS) is 10.8. The van der Waals surface area contributed by atoms with Crippen molar-refractivity contribution in [2.24, 2.45) is 0 Å². The summed E-state index contributed by atoms with van der Waals surface area (Å²) in [5, 5.41) is 0.585. The van der Waals surface area contributed by atoms with E-state index < -0.39 is 0 Å². The number of aryl methyl sites for hydroxylation is 2. The largest absolute Gasteiger partial charge is 0.398 e. The lowest BCUT2D eigenvalue weighted by molar-refractivity contribution is 0.807. The zero-order valence-electron chi connectivity index (χ0n) is 10.1. The summed E-state index contributed by atoms with van der Waals surface area (Å²) in [6, 6.07) is 3.79. The summed E-state index contributed by atoms with van der Waals surface area (Å²) >= 11 is 6.07. The van der Waals surface area contributed by atoms with Crippen LogP contribution in [0.2, 0.25) is 5.02 Å². The Bertz CT molecular complexity index is 531. The predicted octanol–water partition coefficient (Wildman–Crippen LogP) is 3.37. The molecule has 0 saturated carbocycles. The van der Waals surface area contributed by atoms with Crippen molar-refractivity contribution in [3.05, 3.63) is 40.9 Å². The van der Waals surface area contributed by atoms with Gasteiger partial charge in [0.25, 0.3) is 0 Å². The maximum atomic E-state index is 6.07. The monoisotopic (exact) mass is 249 g/mol. The zero-order chi connectivity index (χ0) is 12.4. The summed E-state index contributed by atoms with van der Waals surface area (Å²) in [7, 11) is 0. The standard InChI is InChI=1S/C13H16ClN3/c1-3-4-13-16-5-6-17(13)12-8-10(14)11(15)7-9(12)2/h5-8H,3-4,15H2,1-2H3. The number of hydrogen-bond donors (Lipinski definition) is 1. The molecule has 2 N–H and O–H groups in total. The second kappa shape index (κ2) is 4.80. The molecule has 0 aliphatic heterocycles. The first-order chi connectivity index (χ1) is 8.13. The molecule has 0 unspecified atom stereocenters. The third kappa shape index (κ3) is 2.29. The lowest BCUT2D eigenvalue weighted by Crippen LogP contribution is -2.03. The molecular formula is C13H16ClN3. The summed E-state index contributed by atoms with van der Waals surface area (Å²) in [5.41, 5.74) is 8.54. The average molecular weight is 250 g/mol. The fraction of sp³-hybridized carbons (Fsp3) is 0.308. The van der Waals surface area contributed by atoms with E-state index in [-0.39, 0.29) is 0 Å². The molecule has 0 bridgehead atoms. The van der Waals surface area contributed by atoms with Crippen LogP contribution in [0.3, 0.4) is 0 Å². The minimum atomic E-state index is 0.585. The zero-order valence-corrected chi connectivity index (χ0v) is 10.8. The highest BCUT2D eigenvalue weighted by atomic mass is 35.5. The van der Waals surface area contributed by atoms with E-state index in [1.807, 2.05) is 31.5 Å². The van der Waals surface area contributed by atoms with Crippen molar-refractivity contribution in [3.8, 4) is 5.69 Å². The number of nitrogens with two attached hydrogens (primary N) is 1. The number of hydrogen-bond acceptors (Lipinski definition) is 2. The molecule has 2 rings (SSSR count). The van der Waals surface area contributed by atoms with Crippen molar-refractivity contribution >= 4 is 17.3 Å². The van der Waals surface area contributed by atoms with Crippen LogP contribution in [-0.4, -0.2) is 9.55 Å². The molecule has 1 aromatic carbocycles. The summed E-state index contributed by atoms with van der Waals surface area (Å²) in [5.74, 6) is 1.05. The molecular weight excluding hydrogens is 234 g/mol. The molecule has 0 aliphatic rings. The van der Waals surface area contributed by atoms with Crippen LogP contribution in [0, 0.1) is 6.92 Å². The van der Waals surface area contributed by atoms with Crippen molar-refractivity contribution in [2.75, 3.05) is 5.73 Å². The Balaban J connectivity index is 2.52. The van der Waals surface area contributed by atoms with Crippen LogP contribution in [0.5, 0.6) is 0 Å². The maximum absolute atomic E-state index is 6.07. The second-order valence-corrected chi connectivity index (χ2v) is 4.53. The summed E-state index contributed by atoms with van der Waals surface area (Å²) in [6.07, 6.45) is 5.79. The van der Waals surface area contributed by atoms with Gasteiger partial charge in [0, 0.05) is 18.8 Å². The van der Waals surface area contributed by atoms with E-state index in [4.69, 9.17) is 17.3 Å². The Morgan fingerprint density at radius 2 is 2.18 bits per heavy atom. The number of halogens is 1. The van der Waals surface area contributed by atoms with Gasteiger partial charge in [0.2, 0.25) is 0 Å². The molecule has 17 heavy (non-hydrogen) atoms. The van der Waals surface area contributed by atoms with E-state index >= 15 is 0 Å². The first kappa shape index (κ1) is 12.0. The lowest BCUT2D eigenvalue weighted by atomic mass is 10.1. The molecule has 90 valence electrons. The van der Waals surface area contributed by atoms with Gasteiger partial charge in [-0.3, -0.25) is 0 Å². The van der Waals surface area contributed by atoms with Gasteiger partial charge in [0.1, 0.15) is 5.82 Å². The summed E-state index contributed by atoms with van der Waals surface area (Å²) < 4.78 is 2.07. The number of nitrogen functional groups attached to an aromatic ring is 1. The first-order valence-corrected chi connectivity index (χ1v) is 6.09. The number of nitrogens with zero attached hydrogens (tertiary/aromatic N) is 2. The summed E-state index contributed by atoms with van der Waals surface area (Å²) in [4.78, 5) is 4.36. The van der Waals surface area contributed by atoms with Crippen LogP contribution in [0.25, 0.3) is 5.69 Å². The third-order valence-corrected chi connectivity index (χ3v) is 3.09. The highest BCUT2D eigenvalue weighted by Gasteiger charge is 2.09. The minimum Gasteiger partial charge on any atom is -0.398 e. The van der Waals surface area contributed by atoms with Crippen molar-refractivity contribution in [1.82, 2.24) is 9.55 Å². The molecule has 0 atom stereocenters. The molecule has 4 heteroatoms. The average Bonchev–Trinajstić information content (AvgIpc) is 2.72. The molecule has 3 nitrogen and oxygen atoms in total. The Kier molecular flexibility index (Phi) is 3.38. The Morgan fingerprint density at radius 3 is 2.88 bits per heavy atom. The third-order valence-electron chi connectivity index (χ3n) is 2.77. The lowest BCUT2D eigenvalue weighted by Gasteiger charge is -2.12. The molecule has 1 aromatic heterocycles. The van der Waals surface area contributed by atoms with Crippen molar-refractivity contribution in [2.45, 2.75) is 26.7 Å². The Hall–Kier alpha value is -1.48. The van der Waals surface area contributed by atoms with Crippen LogP contribution < -0.4 is 5.73 Å². The predicted molar refractivity (Wildman–Crippen MR) is 71.7 cm³/mol. The van der Waals surface area contributed by atoms with Crippen LogP contribution in [0.4, 0.5) is 5.69 Å². The van der Waals surface area contributed by atoms with Gasteiger partial charge < -0.3 is 10.3 Å². The molecule has 0 spiro atoms. The van der Waals surface area contributed by atoms with Crippen LogP contribution in [0.1, 0.15) is 24.7 Å². The number of aromatic nitrogens is 2. The maximum Gasteiger partial charge on any atom is 0.113 e. The highest BCUT2D eigenvalue weighted by molar-refractivity contribution is 6.33. The van der Waals surface area contributed by atoms with E-state index in [9.17, 15) is 0 Å². The smallest absolute Gasteiger partial charge is 0.113 e. The van der Waals surface area contributed by atoms with E-state index in [0.29, 0.717) is 10.7 Å². The van der Waals surface area contributed by atoms with Gasteiger partial charge in [0.15, 0.2) is 0 Å². The van der Waals surface area contributed by atoms with E-state index in [2.05, 4.69) is 16.5 Å². The topological polar surface area (TPSA) is 43.8 Å². The van der Waals surface area contributed by atoms with Gasteiger partial charge in [0.05, 0.1) is 16.4 Å². The fourth-order valence-electron chi connectivity index (χ4n) is 1.92. The van der Waals surface area contributed by atoms with Crippen molar-refractivity contribution in [1.29, 1.82) is 0 Å². The van der Waals surface area contributed by atoms with Gasteiger partial charge in [-0.15, -0.1) is 0 Å². The number of anilines is 1. The molecule has 0 aliphatic carbocycles. The first-order valence-electron chi connectivity index (χ1n) is 5.71. The number of benzene rings is 1. The number of rotatable bonds is 3. The molecule has 2 aromatic rings. The van der Waals surface area contributed by atoms with E-state index in [1.54, 1.807) is 0 Å². The highest BCUT2D eigenvalue weighted by Crippen LogP contribution is 2.26. The molecule has 0 amide bonds. The molecule has 0 saturated heterocycles. The Morgan fingerprint density at radius 1 is 1.41 bits per heavy atom. The Labute approximate surface area is 106 Å². The molecule has 1 heterocycles. The van der Waals surface area contributed by atoms with E-state index in [1.165, 1.54) is 0 Å². The van der Waals surface area contributed by atoms with Crippen molar-refractivity contribution in [3.63, 3.8) is 0 Å². The van der Waals surface area contributed by atoms with Crippen molar-refractivity contribution < 1.29 is 0 Å². The SMILES string of the molecule is CCCc1nccn1-c1cc(Cl)c(N)cc1C. The van der Waals surface area contributed by atoms with Crippen LogP contribution in [0.15, 0.2) is 24.5 Å². The van der Waals surface area contributed by atoms with Crippen LogP contribution >= 0.6 is 11.6 Å². The van der Waals surface area contributed by atoms with E-state index in [0.717, 1.165) is 29.9 Å². The van der Waals surface area contributed by atoms with Gasteiger partial charge >= 0.3 is 0 Å². The second-order valence-electron chi connectivity index (χ2n) is 4.12.